The number of halogens is 2. The number of nitrogens with zero attached hydrogens (tertiary/aromatic N) is 5. The number of carbonyl (C=O) groups is 2. The van der Waals surface area contributed by atoms with Gasteiger partial charge in [0.05, 0.1) is 50.0 Å². The Morgan fingerprint density at radius 3 is 2.55 bits per heavy atom. The number of benzene rings is 3. The van der Waals surface area contributed by atoms with Gasteiger partial charge in [-0.25, -0.2) is 13.3 Å². The summed E-state index contributed by atoms with van der Waals surface area (Å²) in [5, 5.41) is 15.5. The molecule has 3 N–H and O–H groups in total. The number of anilines is 1. The largest absolute Gasteiger partial charge is 0.513 e. The van der Waals surface area contributed by atoms with Crippen LogP contribution in [0.2, 0.25) is 0 Å². The first-order valence-corrected chi connectivity index (χ1v) is 22.2. The predicted octanol–water partition coefficient (Wildman–Crippen LogP) is 5.73. The summed E-state index contributed by atoms with van der Waals surface area (Å²) >= 11 is 0. The molecule has 1 aliphatic carbocycles. The van der Waals surface area contributed by atoms with Crippen LogP contribution >= 0.6 is 7.75 Å². The summed E-state index contributed by atoms with van der Waals surface area (Å²) in [6.45, 7) is 9.79. The van der Waals surface area contributed by atoms with Crippen LogP contribution in [0.25, 0.3) is 32.9 Å². The zero-order chi connectivity index (χ0) is 45.0. The second kappa shape index (κ2) is 18.9. The maximum atomic E-state index is 17.7. The van der Waals surface area contributed by atoms with E-state index in [-0.39, 0.29) is 93.6 Å². The van der Waals surface area contributed by atoms with Crippen LogP contribution in [0.4, 0.5) is 14.6 Å². The lowest BCUT2D eigenvalue weighted by Crippen LogP contribution is -2.44. The van der Waals surface area contributed by atoms with Crippen LogP contribution in [0.1, 0.15) is 25.3 Å². The van der Waals surface area contributed by atoms with Gasteiger partial charge >= 0.3 is 19.7 Å². The van der Waals surface area contributed by atoms with E-state index in [1.165, 1.54) is 43.5 Å². The Morgan fingerprint density at radius 2 is 1.83 bits per heavy atom. The molecule has 334 valence electrons. The fraction of sp³-hybridized carbons (Fsp3) is 0.356. The molecular weight excluding hydrogens is 852 g/mol. The summed E-state index contributed by atoms with van der Waals surface area (Å²) in [7, 11) is -4.57. The topological polar surface area (TPSA) is 187 Å². The summed E-state index contributed by atoms with van der Waals surface area (Å²) in [5.41, 5.74) is -0.927. The molecule has 2 unspecified atom stereocenters. The zero-order valence-corrected chi connectivity index (χ0v) is 35.8. The standard InChI is InChI=1S/C45H46F2N7O9P/c1-4-33-36(46)12-11-29-21-32(63-64(58,52-28(3)43(56)57)62-31-9-7-6-8-10-31)22-34(38(29)33)40-39(47)41-35(23-48-40)42(54-17-20-60-25-30(24-54)49-37(55)5-2)51-44(50-41)61-27-45(13-14-45)26-53-15-18-59-19-16-53/h1,5-12,21-23,28,30H,2,13-20,24-27H2,3H3,(H,49,55)(H,52,58)(H,56,57)/t28?,30-,64?/m1/s1. The maximum absolute atomic E-state index is 17.7. The number of hydrogen-bond acceptors (Lipinski definition) is 13. The third-order valence-corrected chi connectivity index (χ3v) is 12.8. The van der Waals surface area contributed by atoms with Crippen molar-refractivity contribution in [2.45, 2.75) is 31.8 Å². The van der Waals surface area contributed by atoms with Gasteiger partial charge in [-0.3, -0.25) is 19.5 Å². The summed E-state index contributed by atoms with van der Waals surface area (Å²) in [6, 6.07) is 11.2. The van der Waals surface area contributed by atoms with Crippen LogP contribution in [0.15, 0.2) is 73.4 Å². The van der Waals surface area contributed by atoms with Crippen molar-refractivity contribution in [1.29, 1.82) is 0 Å². The average Bonchev–Trinajstić information content (AvgIpc) is 4.09. The fourth-order valence-corrected chi connectivity index (χ4v) is 9.27. The van der Waals surface area contributed by atoms with Crippen LogP contribution in [-0.4, -0.2) is 115 Å². The smallest absolute Gasteiger partial charge is 0.480 e. The van der Waals surface area contributed by atoms with Gasteiger partial charge in [0.25, 0.3) is 0 Å². The molecule has 0 radical (unpaired) electrons. The van der Waals surface area contributed by atoms with Crippen molar-refractivity contribution in [3.8, 4) is 41.1 Å². The summed E-state index contributed by atoms with van der Waals surface area (Å²) < 4.78 is 77.0. The number of nitrogens with one attached hydrogen (secondary N) is 2. The molecule has 0 bridgehead atoms. The van der Waals surface area contributed by atoms with E-state index in [1.54, 1.807) is 18.2 Å². The minimum Gasteiger partial charge on any atom is -0.480 e. The van der Waals surface area contributed by atoms with Crippen LogP contribution in [-0.2, 0) is 23.6 Å². The summed E-state index contributed by atoms with van der Waals surface area (Å²) in [5.74, 6) is -0.890. The molecule has 5 aromatic rings. The number of carboxylic acid groups (broad SMARTS) is 1. The Labute approximate surface area is 367 Å². The number of terminal acetylenes is 1. The van der Waals surface area contributed by atoms with Crippen molar-refractivity contribution in [2.75, 3.05) is 70.7 Å². The van der Waals surface area contributed by atoms with Crippen LogP contribution in [0.3, 0.4) is 0 Å². The van der Waals surface area contributed by atoms with Crippen molar-refractivity contribution in [3.05, 3.63) is 90.6 Å². The molecule has 4 heterocycles. The highest BCUT2D eigenvalue weighted by Gasteiger charge is 2.45. The van der Waals surface area contributed by atoms with E-state index in [0.29, 0.717) is 19.8 Å². The van der Waals surface area contributed by atoms with Crippen LogP contribution in [0, 0.1) is 29.4 Å². The van der Waals surface area contributed by atoms with E-state index in [9.17, 15) is 19.3 Å². The van der Waals surface area contributed by atoms with E-state index in [2.05, 4.69) is 37.8 Å². The van der Waals surface area contributed by atoms with Crippen molar-refractivity contribution in [3.63, 3.8) is 0 Å². The number of rotatable bonds is 16. The first-order valence-electron chi connectivity index (χ1n) is 20.7. The lowest BCUT2D eigenvalue weighted by Gasteiger charge is -2.30. The van der Waals surface area contributed by atoms with Gasteiger partial charge < -0.3 is 38.6 Å². The second-order valence-electron chi connectivity index (χ2n) is 15.9. The quantitative estimate of drug-likeness (QED) is 0.0619. The van der Waals surface area contributed by atoms with Crippen molar-refractivity contribution < 1.29 is 51.3 Å². The monoisotopic (exact) mass is 897 g/mol. The van der Waals surface area contributed by atoms with E-state index >= 15 is 8.78 Å². The van der Waals surface area contributed by atoms with Gasteiger partial charge in [0.15, 0.2) is 5.82 Å². The number of para-hydroxylation sites is 1. The Hall–Kier alpha value is -6.22. The molecule has 16 nitrogen and oxygen atoms in total. The first kappa shape index (κ1) is 44.4. The van der Waals surface area contributed by atoms with E-state index in [0.717, 1.165) is 44.6 Å². The number of aliphatic carboxylic acids is 1. The molecule has 1 saturated carbocycles. The molecule has 2 aliphatic heterocycles. The van der Waals surface area contributed by atoms with Crippen molar-refractivity contribution in [2.24, 2.45) is 5.41 Å². The highest BCUT2D eigenvalue weighted by molar-refractivity contribution is 7.52. The maximum Gasteiger partial charge on any atom is 0.513 e. The Balaban J connectivity index is 1.25. The molecule has 64 heavy (non-hydrogen) atoms. The summed E-state index contributed by atoms with van der Waals surface area (Å²) in [6.07, 6.45) is 10.3. The van der Waals surface area contributed by atoms with Gasteiger partial charge in [0.1, 0.15) is 40.4 Å². The van der Waals surface area contributed by atoms with Crippen molar-refractivity contribution >= 4 is 47.1 Å². The Kier molecular flexibility index (Phi) is 13.1. The third kappa shape index (κ3) is 9.94. The molecule has 0 spiro atoms. The average molecular weight is 898 g/mol. The number of carboxylic acids is 1. The molecule has 1 amide bonds. The van der Waals surface area contributed by atoms with E-state index in [4.69, 9.17) is 34.7 Å². The second-order valence-corrected chi connectivity index (χ2v) is 17.6. The molecule has 3 aliphatic rings. The number of pyridine rings is 1. The minimum atomic E-state index is -4.57. The Bertz CT molecular complexity index is 2680. The lowest BCUT2D eigenvalue weighted by atomic mass is 9.96. The Morgan fingerprint density at radius 1 is 1.08 bits per heavy atom. The zero-order valence-electron chi connectivity index (χ0n) is 34.9. The molecule has 19 heteroatoms. The van der Waals surface area contributed by atoms with Gasteiger partial charge in [-0.1, -0.05) is 36.8 Å². The van der Waals surface area contributed by atoms with Crippen molar-refractivity contribution in [1.82, 2.24) is 30.3 Å². The molecule has 3 fully saturated rings. The number of hydrogen-bond donors (Lipinski definition) is 3. The SMILES string of the molecule is C#Cc1c(F)ccc2cc(OP(=O)(NC(C)C(=O)O)Oc3ccccc3)cc(-c3ncc4c(N5CCOC[C@H](NC(=O)C=C)C5)nc(OCC5(CN6CCOCC6)CC5)nc4c3F)c12. The minimum absolute atomic E-state index is 0.0580. The lowest BCUT2D eigenvalue weighted by molar-refractivity contribution is -0.138. The van der Waals surface area contributed by atoms with Gasteiger partial charge in [-0.15, -0.1) is 6.42 Å². The normalized spacial score (nSPS) is 18.8. The highest BCUT2D eigenvalue weighted by Crippen LogP contribution is 2.49. The number of carbonyl (C=O) groups excluding carboxylic acids is 1. The van der Waals surface area contributed by atoms with E-state index in [1.807, 2.05) is 4.90 Å². The van der Waals surface area contributed by atoms with Crippen LogP contribution < -0.4 is 29.1 Å². The highest BCUT2D eigenvalue weighted by atomic mass is 31.2. The molecule has 2 saturated heterocycles. The van der Waals surface area contributed by atoms with Gasteiger partial charge in [-0.05, 0) is 61.6 Å². The van der Waals surface area contributed by atoms with Gasteiger partial charge in [0.2, 0.25) is 5.91 Å². The summed E-state index contributed by atoms with van der Waals surface area (Å²) in [4.78, 5) is 42.4. The first-order chi connectivity index (χ1) is 30.9. The third-order valence-electron chi connectivity index (χ3n) is 11.2. The molecular formula is C45H46F2N7O9P. The molecule has 8 rings (SSSR count). The number of morpholine rings is 1. The number of aromatic nitrogens is 3. The number of fused-ring (bicyclic) bond motifs is 2. The molecule has 2 aromatic heterocycles. The molecule has 3 atom stereocenters. The fourth-order valence-electron chi connectivity index (χ4n) is 7.76. The van der Waals surface area contributed by atoms with Gasteiger partial charge in [0, 0.05) is 55.3 Å². The van der Waals surface area contributed by atoms with Gasteiger partial charge in [-0.2, -0.15) is 15.1 Å². The predicted molar refractivity (Wildman–Crippen MR) is 233 cm³/mol. The number of amides is 1. The van der Waals surface area contributed by atoms with E-state index < -0.39 is 43.3 Å². The molecule has 3 aromatic carbocycles. The van der Waals surface area contributed by atoms with Crippen LogP contribution in [0.5, 0.6) is 17.5 Å². The number of ether oxygens (including phenoxy) is 3.